The van der Waals surface area contributed by atoms with E-state index >= 15 is 0 Å². The summed E-state index contributed by atoms with van der Waals surface area (Å²) in [6, 6.07) is 0. The van der Waals surface area contributed by atoms with Crippen LogP contribution in [0.4, 0.5) is 5.69 Å². The summed E-state index contributed by atoms with van der Waals surface area (Å²) in [6.07, 6.45) is 0.615. The third-order valence-corrected chi connectivity index (χ3v) is 2.33. The molecule has 0 saturated heterocycles. The molecule has 0 radical (unpaired) electrons. The number of nitro groups is 1. The van der Waals surface area contributed by atoms with E-state index in [2.05, 4.69) is 0 Å². The average molecular weight is 257 g/mol. The minimum Gasteiger partial charge on any atom is -0.392 e. The molecule has 0 aliphatic carbocycles. The Morgan fingerprint density at radius 3 is 2.56 bits per heavy atom. The highest BCUT2D eigenvalue weighted by Gasteiger charge is 2.20. The molecule has 0 aliphatic rings. The zero-order valence-corrected chi connectivity index (χ0v) is 10.2. The standard InChI is InChI=1S/C10H15N3O5/c1-3-4-11-6-8(13(17)18)9(15)12(10(11)16)5-7(2)14/h6-7,14H,3-5H2,1-2H3. The van der Waals surface area contributed by atoms with E-state index in [1.165, 1.54) is 6.92 Å². The van der Waals surface area contributed by atoms with Crippen molar-refractivity contribution < 1.29 is 10.0 Å². The van der Waals surface area contributed by atoms with Crippen LogP contribution in [-0.4, -0.2) is 25.3 Å². The minimum absolute atomic E-state index is 0.261. The predicted molar refractivity (Wildman–Crippen MR) is 63.6 cm³/mol. The monoisotopic (exact) mass is 257 g/mol. The maximum Gasteiger partial charge on any atom is 0.350 e. The van der Waals surface area contributed by atoms with Crippen molar-refractivity contribution in [2.45, 2.75) is 39.5 Å². The maximum atomic E-state index is 11.9. The van der Waals surface area contributed by atoms with Gasteiger partial charge in [0.25, 0.3) is 0 Å². The summed E-state index contributed by atoms with van der Waals surface area (Å²) in [6.45, 7) is 3.22. The van der Waals surface area contributed by atoms with Gasteiger partial charge in [-0.15, -0.1) is 0 Å². The molecule has 8 nitrogen and oxygen atoms in total. The summed E-state index contributed by atoms with van der Waals surface area (Å²) in [5.41, 5.74) is -2.30. The lowest BCUT2D eigenvalue weighted by molar-refractivity contribution is -0.387. The number of hydrogen-bond donors (Lipinski definition) is 1. The first-order valence-electron chi connectivity index (χ1n) is 5.55. The predicted octanol–water partition coefficient (Wildman–Crippen LogP) is -0.291. The Morgan fingerprint density at radius 1 is 1.50 bits per heavy atom. The van der Waals surface area contributed by atoms with E-state index < -0.39 is 28.0 Å². The van der Waals surface area contributed by atoms with Crippen LogP contribution in [0, 0.1) is 10.1 Å². The molecule has 1 aromatic rings. The van der Waals surface area contributed by atoms with E-state index in [9.17, 15) is 24.8 Å². The summed E-state index contributed by atoms with van der Waals surface area (Å²) >= 11 is 0. The van der Waals surface area contributed by atoms with Gasteiger partial charge in [0.2, 0.25) is 0 Å². The normalized spacial score (nSPS) is 12.4. The molecule has 0 saturated carbocycles. The van der Waals surface area contributed by atoms with Crippen LogP contribution in [0.5, 0.6) is 0 Å². The highest BCUT2D eigenvalue weighted by molar-refractivity contribution is 5.21. The van der Waals surface area contributed by atoms with E-state index in [1.807, 2.05) is 6.92 Å². The highest BCUT2D eigenvalue weighted by Crippen LogP contribution is 2.01. The Kier molecular flexibility index (Phi) is 4.38. The van der Waals surface area contributed by atoms with Crippen LogP contribution in [0.15, 0.2) is 15.8 Å². The molecule has 1 atom stereocenters. The van der Waals surface area contributed by atoms with Crippen molar-refractivity contribution in [3.63, 3.8) is 0 Å². The summed E-state index contributed by atoms with van der Waals surface area (Å²) in [7, 11) is 0. The molecular formula is C10H15N3O5. The Hall–Kier alpha value is -1.96. The van der Waals surface area contributed by atoms with Gasteiger partial charge in [-0.1, -0.05) is 6.92 Å². The Morgan fingerprint density at radius 2 is 2.11 bits per heavy atom. The van der Waals surface area contributed by atoms with Gasteiger partial charge in [-0.25, -0.2) is 4.79 Å². The first-order chi connectivity index (χ1) is 8.38. The van der Waals surface area contributed by atoms with Crippen molar-refractivity contribution in [2.24, 2.45) is 0 Å². The zero-order chi connectivity index (χ0) is 13.9. The van der Waals surface area contributed by atoms with Gasteiger partial charge in [-0.2, -0.15) is 0 Å². The fraction of sp³-hybridized carbons (Fsp3) is 0.600. The van der Waals surface area contributed by atoms with Crippen LogP contribution in [0.25, 0.3) is 0 Å². The van der Waals surface area contributed by atoms with Gasteiger partial charge >= 0.3 is 16.9 Å². The molecule has 18 heavy (non-hydrogen) atoms. The summed E-state index contributed by atoms with van der Waals surface area (Å²) in [5, 5.41) is 20.0. The Balaban J connectivity index is 3.51. The number of aliphatic hydroxyl groups excluding tert-OH is 1. The van der Waals surface area contributed by atoms with E-state index in [0.29, 0.717) is 11.0 Å². The topological polar surface area (TPSA) is 107 Å². The lowest BCUT2D eigenvalue weighted by atomic mass is 10.4. The number of aliphatic hydroxyl groups is 1. The van der Waals surface area contributed by atoms with Crippen LogP contribution in [0.2, 0.25) is 0 Å². The van der Waals surface area contributed by atoms with E-state index in [4.69, 9.17) is 0 Å². The number of nitrogens with zero attached hydrogens (tertiary/aromatic N) is 3. The van der Waals surface area contributed by atoms with Gasteiger partial charge in [0, 0.05) is 6.54 Å². The zero-order valence-electron chi connectivity index (χ0n) is 10.2. The van der Waals surface area contributed by atoms with Crippen molar-refractivity contribution in [3.8, 4) is 0 Å². The van der Waals surface area contributed by atoms with Crippen molar-refractivity contribution in [3.05, 3.63) is 37.1 Å². The smallest absolute Gasteiger partial charge is 0.350 e. The molecule has 0 fully saturated rings. The van der Waals surface area contributed by atoms with Gasteiger partial charge in [-0.3, -0.25) is 24.0 Å². The lowest BCUT2D eigenvalue weighted by Crippen LogP contribution is -2.42. The summed E-state index contributed by atoms with van der Waals surface area (Å²) in [5.74, 6) is 0. The number of aryl methyl sites for hydroxylation is 1. The molecule has 0 aromatic carbocycles. The van der Waals surface area contributed by atoms with Gasteiger partial charge < -0.3 is 5.11 Å². The third-order valence-electron chi connectivity index (χ3n) is 2.33. The fourth-order valence-electron chi connectivity index (χ4n) is 1.59. The quantitative estimate of drug-likeness (QED) is 0.576. The lowest BCUT2D eigenvalue weighted by Gasteiger charge is -2.10. The molecule has 1 unspecified atom stereocenters. The van der Waals surface area contributed by atoms with Crippen LogP contribution >= 0.6 is 0 Å². The molecule has 1 aromatic heterocycles. The number of aromatic nitrogens is 2. The molecule has 1 heterocycles. The molecule has 100 valence electrons. The van der Waals surface area contributed by atoms with Crippen molar-refractivity contribution in [1.82, 2.24) is 9.13 Å². The second-order valence-corrected chi connectivity index (χ2v) is 4.01. The minimum atomic E-state index is -0.988. The maximum absolute atomic E-state index is 11.9. The van der Waals surface area contributed by atoms with Crippen molar-refractivity contribution in [2.75, 3.05) is 0 Å². The molecule has 8 heteroatoms. The van der Waals surface area contributed by atoms with E-state index in [-0.39, 0.29) is 13.1 Å². The van der Waals surface area contributed by atoms with Crippen LogP contribution in [0.3, 0.4) is 0 Å². The molecule has 0 aliphatic heterocycles. The molecule has 0 amide bonds. The first-order valence-corrected chi connectivity index (χ1v) is 5.55. The van der Waals surface area contributed by atoms with E-state index in [0.717, 1.165) is 10.8 Å². The molecule has 1 N–H and O–H groups in total. The van der Waals surface area contributed by atoms with Crippen LogP contribution < -0.4 is 11.2 Å². The van der Waals surface area contributed by atoms with Crippen molar-refractivity contribution >= 4 is 5.69 Å². The number of rotatable bonds is 5. The van der Waals surface area contributed by atoms with Gasteiger partial charge in [0.15, 0.2) is 0 Å². The molecule has 0 spiro atoms. The molecule has 1 rings (SSSR count). The Labute approximate surface area is 102 Å². The SMILES string of the molecule is CCCn1cc([N+](=O)[O-])c(=O)n(CC(C)O)c1=O. The summed E-state index contributed by atoms with van der Waals surface area (Å²) < 4.78 is 1.81. The fourth-order valence-corrected chi connectivity index (χ4v) is 1.59. The molecular weight excluding hydrogens is 242 g/mol. The van der Waals surface area contributed by atoms with Gasteiger partial charge in [0.05, 0.1) is 23.8 Å². The first kappa shape index (κ1) is 14.1. The van der Waals surface area contributed by atoms with Gasteiger partial charge in [0.1, 0.15) is 0 Å². The average Bonchev–Trinajstić information content (AvgIpc) is 2.27. The number of hydrogen-bond acceptors (Lipinski definition) is 5. The second kappa shape index (κ2) is 5.58. The highest BCUT2D eigenvalue weighted by atomic mass is 16.6. The van der Waals surface area contributed by atoms with E-state index in [1.54, 1.807) is 0 Å². The summed E-state index contributed by atoms with van der Waals surface area (Å²) in [4.78, 5) is 33.5. The third kappa shape index (κ3) is 2.83. The van der Waals surface area contributed by atoms with Crippen LogP contribution in [0.1, 0.15) is 20.3 Å². The van der Waals surface area contributed by atoms with Crippen LogP contribution in [-0.2, 0) is 13.1 Å². The Bertz CT molecular complexity index is 558. The van der Waals surface area contributed by atoms with Crippen molar-refractivity contribution in [1.29, 1.82) is 0 Å². The molecule has 0 bridgehead atoms. The van der Waals surface area contributed by atoms with Gasteiger partial charge in [-0.05, 0) is 13.3 Å². The largest absolute Gasteiger partial charge is 0.392 e. The second-order valence-electron chi connectivity index (χ2n) is 4.01.